The van der Waals surface area contributed by atoms with Crippen LogP contribution >= 0.6 is 11.3 Å². The fourth-order valence-electron chi connectivity index (χ4n) is 2.16. The molecule has 118 valence electrons. The molecule has 1 aromatic carbocycles. The van der Waals surface area contributed by atoms with Gasteiger partial charge < -0.3 is 10.2 Å². The van der Waals surface area contributed by atoms with E-state index in [1.165, 1.54) is 0 Å². The second-order valence-corrected chi connectivity index (χ2v) is 6.66. The van der Waals surface area contributed by atoms with Gasteiger partial charge in [0.05, 0.1) is 17.2 Å². The number of hydrogen-bond acceptors (Lipinski definition) is 4. The number of aryl methyl sites for hydroxylation is 2. The first-order chi connectivity index (χ1) is 10.5. The molecule has 22 heavy (non-hydrogen) atoms. The molecule has 0 saturated heterocycles. The summed E-state index contributed by atoms with van der Waals surface area (Å²) < 4.78 is 0. The molecular formula is C17H23N3OS. The zero-order chi connectivity index (χ0) is 16.1. The summed E-state index contributed by atoms with van der Waals surface area (Å²) >= 11 is 1.70. The van der Waals surface area contributed by atoms with Crippen LogP contribution in [0.25, 0.3) is 0 Å². The zero-order valence-corrected chi connectivity index (χ0v) is 14.5. The third kappa shape index (κ3) is 4.07. The molecule has 0 atom stereocenters. The number of nitrogens with zero attached hydrogens (tertiary/aromatic N) is 2. The van der Waals surface area contributed by atoms with Gasteiger partial charge in [-0.2, -0.15) is 0 Å². The number of rotatable bonds is 6. The number of amides is 1. The number of hydrogen-bond donors (Lipinski definition) is 1. The molecule has 0 aliphatic carbocycles. The Bertz CT molecular complexity index is 649. The molecule has 1 heterocycles. The van der Waals surface area contributed by atoms with Crippen LogP contribution in [0.4, 0.5) is 5.69 Å². The Morgan fingerprint density at radius 1 is 1.36 bits per heavy atom. The van der Waals surface area contributed by atoms with Crippen LogP contribution in [0.5, 0.6) is 0 Å². The molecule has 0 spiro atoms. The van der Waals surface area contributed by atoms with Crippen molar-refractivity contribution in [1.29, 1.82) is 0 Å². The molecule has 1 amide bonds. The first-order valence-electron chi connectivity index (χ1n) is 7.52. The van der Waals surface area contributed by atoms with E-state index in [1.807, 2.05) is 50.2 Å². The summed E-state index contributed by atoms with van der Waals surface area (Å²) in [4.78, 5) is 20.0. The third-order valence-corrected chi connectivity index (χ3v) is 4.65. The van der Waals surface area contributed by atoms with Gasteiger partial charge in [-0.3, -0.25) is 4.79 Å². The molecule has 4 nitrogen and oxygen atoms in total. The fraction of sp³-hybridized carbons (Fsp3) is 0.412. The van der Waals surface area contributed by atoms with Gasteiger partial charge >= 0.3 is 0 Å². The predicted molar refractivity (Wildman–Crippen MR) is 92.8 cm³/mol. The first kappa shape index (κ1) is 16.5. The second kappa shape index (κ2) is 7.40. The quantitative estimate of drug-likeness (QED) is 0.888. The lowest BCUT2D eigenvalue weighted by Gasteiger charge is -2.13. The highest BCUT2D eigenvalue weighted by atomic mass is 32.1. The van der Waals surface area contributed by atoms with Gasteiger partial charge in [0.2, 0.25) is 0 Å². The predicted octanol–water partition coefficient (Wildman–Crippen LogP) is 3.40. The van der Waals surface area contributed by atoms with E-state index in [1.54, 1.807) is 11.3 Å². The minimum Gasteiger partial charge on any atom is -0.378 e. The molecule has 0 radical (unpaired) electrons. The van der Waals surface area contributed by atoms with Gasteiger partial charge in [0.25, 0.3) is 5.91 Å². The van der Waals surface area contributed by atoms with E-state index in [4.69, 9.17) is 0 Å². The van der Waals surface area contributed by atoms with Crippen LogP contribution in [-0.4, -0.2) is 25.0 Å². The van der Waals surface area contributed by atoms with Crippen molar-refractivity contribution in [3.63, 3.8) is 0 Å². The number of carbonyl (C=O) groups is 1. The summed E-state index contributed by atoms with van der Waals surface area (Å²) in [6, 6.07) is 7.63. The Kier molecular flexibility index (Phi) is 5.55. The largest absolute Gasteiger partial charge is 0.378 e. The lowest BCUT2D eigenvalue weighted by Crippen LogP contribution is -2.23. The molecule has 2 aromatic rings. The van der Waals surface area contributed by atoms with Crippen molar-refractivity contribution in [2.75, 3.05) is 19.0 Å². The SMILES string of the molecule is CCCc1nc(C)c(CNC(=O)c2cccc(N(C)C)c2)s1. The van der Waals surface area contributed by atoms with Gasteiger partial charge in [-0.15, -0.1) is 11.3 Å². The molecule has 0 fully saturated rings. The van der Waals surface area contributed by atoms with Crippen molar-refractivity contribution < 1.29 is 4.79 Å². The van der Waals surface area contributed by atoms with Gasteiger partial charge in [0, 0.05) is 30.2 Å². The van der Waals surface area contributed by atoms with Gasteiger partial charge in [-0.25, -0.2) is 4.98 Å². The van der Waals surface area contributed by atoms with Crippen LogP contribution in [-0.2, 0) is 13.0 Å². The second-order valence-electron chi connectivity index (χ2n) is 5.49. The highest BCUT2D eigenvalue weighted by molar-refractivity contribution is 7.11. The number of thiazole rings is 1. The van der Waals surface area contributed by atoms with Gasteiger partial charge in [0.15, 0.2) is 0 Å². The van der Waals surface area contributed by atoms with E-state index in [2.05, 4.69) is 17.2 Å². The molecule has 0 aliphatic rings. The Hall–Kier alpha value is -1.88. The summed E-state index contributed by atoms with van der Waals surface area (Å²) in [7, 11) is 3.93. The van der Waals surface area contributed by atoms with Gasteiger partial charge in [-0.05, 0) is 38.0 Å². The van der Waals surface area contributed by atoms with Crippen LogP contribution in [0.3, 0.4) is 0 Å². The van der Waals surface area contributed by atoms with Crippen LogP contribution in [0, 0.1) is 6.92 Å². The summed E-state index contributed by atoms with van der Waals surface area (Å²) in [6.07, 6.45) is 2.10. The lowest BCUT2D eigenvalue weighted by atomic mass is 10.2. The maximum atomic E-state index is 12.3. The maximum absolute atomic E-state index is 12.3. The summed E-state index contributed by atoms with van der Waals surface area (Å²) in [6.45, 7) is 4.69. The fourth-order valence-corrected chi connectivity index (χ4v) is 3.27. The Morgan fingerprint density at radius 2 is 2.14 bits per heavy atom. The van der Waals surface area contributed by atoms with Crippen LogP contribution in [0.15, 0.2) is 24.3 Å². The van der Waals surface area contributed by atoms with E-state index >= 15 is 0 Å². The van der Waals surface area contributed by atoms with Crippen molar-refractivity contribution >= 4 is 22.9 Å². The van der Waals surface area contributed by atoms with Crippen LogP contribution in [0.2, 0.25) is 0 Å². The molecule has 0 unspecified atom stereocenters. The standard InChI is InChI=1S/C17H23N3OS/c1-5-7-16-19-12(2)15(22-16)11-18-17(21)13-8-6-9-14(10-13)20(3)4/h6,8-10H,5,7,11H2,1-4H3,(H,18,21). The van der Waals surface area contributed by atoms with Crippen molar-refractivity contribution in [2.45, 2.75) is 33.2 Å². The average Bonchev–Trinajstić information content (AvgIpc) is 2.85. The molecule has 0 bridgehead atoms. The first-order valence-corrected chi connectivity index (χ1v) is 8.33. The Labute approximate surface area is 136 Å². The van der Waals surface area contributed by atoms with Crippen LogP contribution < -0.4 is 10.2 Å². The average molecular weight is 317 g/mol. The van der Waals surface area contributed by atoms with E-state index in [0.717, 1.165) is 34.1 Å². The highest BCUT2D eigenvalue weighted by Crippen LogP contribution is 2.19. The number of nitrogens with one attached hydrogen (secondary N) is 1. The van der Waals surface area contributed by atoms with E-state index < -0.39 is 0 Å². The van der Waals surface area contributed by atoms with Crippen LogP contribution in [0.1, 0.15) is 39.3 Å². The minimum atomic E-state index is -0.0476. The minimum absolute atomic E-state index is 0.0476. The lowest BCUT2D eigenvalue weighted by molar-refractivity contribution is 0.0951. The van der Waals surface area contributed by atoms with Crippen molar-refractivity contribution in [3.05, 3.63) is 45.4 Å². The smallest absolute Gasteiger partial charge is 0.251 e. The number of aromatic nitrogens is 1. The number of anilines is 1. The molecule has 1 aromatic heterocycles. The number of carbonyl (C=O) groups excluding carboxylic acids is 1. The molecule has 2 rings (SSSR count). The van der Waals surface area contributed by atoms with Gasteiger partial charge in [0.1, 0.15) is 0 Å². The molecule has 0 saturated carbocycles. The third-order valence-electron chi connectivity index (χ3n) is 3.44. The summed E-state index contributed by atoms with van der Waals surface area (Å²) in [5.74, 6) is -0.0476. The molecule has 1 N–H and O–H groups in total. The monoisotopic (exact) mass is 317 g/mol. The Morgan fingerprint density at radius 3 is 2.82 bits per heavy atom. The molecule has 0 aliphatic heterocycles. The Balaban J connectivity index is 2.02. The highest BCUT2D eigenvalue weighted by Gasteiger charge is 2.10. The zero-order valence-electron chi connectivity index (χ0n) is 13.6. The maximum Gasteiger partial charge on any atom is 0.251 e. The summed E-state index contributed by atoms with van der Waals surface area (Å²) in [5.41, 5.74) is 2.73. The number of benzene rings is 1. The van der Waals surface area contributed by atoms with Crippen molar-refractivity contribution in [1.82, 2.24) is 10.3 Å². The normalized spacial score (nSPS) is 10.5. The van der Waals surface area contributed by atoms with Crippen molar-refractivity contribution in [2.24, 2.45) is 0 Å². The van der Waals surface area contributed by atoms with E-state index in [-0.39, 0.29) is 5.91 Å². The van der Waals surface area contributed by atoms with Crippen molar-refractivity contribution in [3.8, 4) is 0 Å². The van der Waals surface area contributed by atoms with Gasteiger partial charge in [-0.1, -0.05) is 13.0 Å². The molecule has 5 heteroatoms. The topological polar surface area (TPSA) is 45.2 Å². The summed E-state index contributed by atoms with van der Waals surface area (Å²) in [5, 5.41) is 4.14. The molecular weight excluding hydrogens is 294 g/mol. The van der Waals surface area contributed by atoms with E-state index in [0.29, 0.717) is 12.1 Å². The van der Waals surface area contributed by atoms with E-state index in [9.17, 15) is 4.79 Å².